The molecular weight excluding hydrogens is 494 g/mol. The quantitative estimate of drug-likeness (QED) is 0.370. The van der Waals surface area contributed by atoms with Crippen LogP contribution in [0.2, 0.25) is 5.02 Å². The van der Waals surface area contributed by atoms with Gasteiger partial charge < -0.3 is 25.0 Å². The van der Waals surface area contributed by atoms with Crippen LogP contribution < -0.4 is 20.1 Å². The first-order valence-corrected chi connectivity index (χ1v) is 12.4. The SMILES string of the molecule is CCCN(CC(=O)Nc1cc(C(C)(C)C)nn1-c1ccc(Cl)cc1)C(=O)Nc1cc(OC)cc(OC)c1. The number of amides is 3. The fourth-order valence-corrected chi connectivity index (χ4v) is 3.70. The number of benzene rings is 2. The molecule has 9 nitrogen and oxygen atoms in total. The number of methoxy groups -OCH3 is 2. The highest BCUT2D eigenvalue weighted by atomic mass is 35.5. The van der Waals surface area contributed by atoms with Crippen molar-refractivity contribution >= 4 is 35.0 Å². The minimum absolute atomic E-state index is 0.141. The van der Waals surface area contributed by atoms with Gasteiger partial charge in [0.1, 0.15) is 23.9 Å². The van der Waals surface area contributed by atoms with Crippen LogP contribution in [0.15, 0.2) is 48.5 Å². The van der Waals surface area contributed by atoms with Gasteiger partial charge in [0.05, 0.1) is 25.6 Å². The average molecular weight is 528 g/mol. The number of hydrogen-bond acceptors (Lipinski definition) is 5. The molecule has 2 N–H and O–H groups in total. The van der Waals surface area contributed by atoms with Crippen molar-refractivity contribution in [3.63, 3.8) is 0 Å². The van der Waals surface area contributed by atoms with E-state index in [4.69, 9.17) is 26.2 Å². The minimum Gasteiger partial charge on any atom is -0.497 e. The van der Waals surface area contributed by atoms with Crippen LogP contribution in [0, 0.1) is 0 Å². The summed E-state index contributed by atoms with van der Waals surface area (Å²) in [6.07, 6.45) is 0.680. The van der Waals surface area contributed by atoms with Crippen LogP contribution in [-0.2, 0) is 10.2 Å². The van der Waals surface area contributed by atoms with Crippen LogP contribution in [-0.4, -0.2) is 53.9 Å². The van der Waals surface area contributed by atoms with Gasteiger partial charge in [-0.2, -0.15) is 5.10 Å². The monoisotopic (exact) mass is 527 g/mol. The van der Waals surface area contributed by atoms with Crippen LogP contribution in [0.3, 0.4) is 0 Å². The molecule has 0 unspecified atom stereocenters. The molecule has 3 amide bonds. The first kappa shape index (κ1) is 27.9. The van der Waals surface area contributed by atoms with E-state index in [1.54, 1.807) is 35.0 Å². The standard InChI is InChI=1S/C27H34ClN5O4/c1-7-12-32(26(35)29-19-13-21(36-5)15-22(14-19)37-6)17-25(34)30-24-16-23(27(2,3)4)31-33(24)20-10-8-18(28)9-11-20/h8-11,13-16H,7,12,17H2,1-6H3,(H,29,35)(H,30,34). The molecule has 37 heavy (non-hydrogen) atoms. The maximum absolute atomic E-state index is 13.1. The number of halogens is 1. The van der Waals surface area contributed by atoms with Crippen molar-refractivity contribution in [2.45, 2.75) is 39.5 Å². The lowest BCUT2D eigenvalue weighted by atomic mass is 9.92. The van der Waals surface area contributed by atoms with E-state index in [9.17, 15) is 9.59 Å². The summed E-state index contributed by atoms with van der Waals surface area (Å²) in [7, 11) is 3.07. The Morgan fingerprint density at radius 1 is 1.00 bits per heavy atom. The van der Waals surface area contributed by atoms with Gasteiger partial charge >= 0.3 is 6.03 Å². The largest absolute Gasteiger partial charge is 0.497 e. The van der Waals surface area contributed by atoms with Crippen molar-refractivity contribution in [2.24, 2.45) is 0 Å². The van der Waals surface area contributed by atoms with Gasteiger partial charge in [-0.15, -0.1) is 0 Å². The van der Waals surface area contributed by atoms with Crippen molar-refractivity contribution in [2.75, 3.05) is 37.9 Å². The van der Waals surface area contributed by atoms with Gasteiger partial charge in [0, 0.05) is 46.9 Å². The third-order valence-corrected chi connectivity index (χ3v) is 5.79. The van der Waals surface area contributed by atoms with E-state index < -0.39 is 6.03 Å². The molecule has 0 atom stereocenters. The number of ether oxygens (including phenoxy) is 2. The Morgan fingerprint density at radius 3 is 2.16 bits per heavy atom. The second-order valence-electron chi connectivity index (χ2n) is 9.55. The van der Waals surface area contributed by atoms with Gasteiger partial charge in [0.25, 0.3) is 0 Å². The molecule has 198 valence electrons. The smallest absolute Gasteiger partial charge is 0.322 e. The van der Waals surface area contributed by atoms with E-state index in [-0.39, 0.29) is 17.9 Å². The molecule has 0 saturated heterocycles. The lowest BCUT2D eigenvalue weighted by Crippen LogP contribution is -2.41. The molecule has 10 heteroatoms. The maximum atomic E-state index is 13.1. The van der Waals surface area contributed by atoms with E-state index in [0.29, 0.717) is 41.0 Å². The van der Waals surface area contributed by atoms with Crippen molar-refractivity contribution in [1.82, 2.24) is 14.7 Å². The third kappa shape index (κ3) is 7.39. The number of anilines is 2. The van der Waals surface area contributed by atoms with Gasteiger partial charge in [-0.1, -0.05) is 39.3 Å². The molecule has 0 radical (unpaired) electrons. The van der Waals surface area contributed by atoms with Crippen molar-refractivity contribution in [1.29, 1.82) is 0 Å². The van der Waals surface area contributed by atoms with Crippen LogP contribution in [0.1, 0.15) is 39.8 Å². The highest BCUT2D eigenvalue weighted by Gasteiger charge is 2.23. The van der Waals surface area contributed by atoms with Crippen molar-refractivity contribution < 1.29 is 19.1 Å². The van der Waals surface area contributed by atoms with Gasteiger partial charge in [0.2, 0.25) is 5.91 Å². The van der Waals surface area contributed by atoms with Gasteiger partial charge in [0.15, 0.2) is 0 Å². The maximum Gasteiger partial charge on any atom is 0.322 e. The Hall–Kier alpha value is -3.72. The first-order valence-electron chi connectivity index (χ1n) is 12.0. The summed E-state index contributed by atoms with van der Waals surface area (Å²) < 4.78 is 12.2. The molecule has 0 aliphatic rings. The Labute approximate surface area is 222 Å². The minimum atomic E-state index is -0.408. The fraction of sp³-hybridized carbons (Fsp3) is 0.370. The summed E-state index contributed by atoms with van der Waals surface area (Å²) in [6, 6.07) is 13.7. The molecular formula is C27H34ClN5O4. The number of urea groups is 1. The second kappa shape index (κ2) is 12.0. The Bertz CT molecular complexity index is 1210. The van der Waals surface area contributed by atoms with E-state index in [2.05, 4.69) is 10.6 Å². The van der Waals surface area contributed by atoms with E-state index in [1.807, 2.05) is 45.9 Å². The predicted octanol–water partition coefficient (Wildman–Crippen LogP) is 5.72. The number of hydrogen-bond donors (Lipinski definition) is 2. The zero-order valence-electron chi connectivity index (χ0n) is 22.1. The number of nitrogens with one attached hydrogen (secondary N) is 2. The molecule has 0 aliphatic carbocycles. The number of carbonyl (C=O) groups is 2. The van der Waals surface area contributed by atoms with Gasteiger partial charge in [-0.3, -0.25) is 4.79 Å². The molecule has 3 rings (SSSR count). The highest BCUT2D eigenvalue weighted by molar-refractivity contribution is 6.30. The van der Waals surface area contributed by atoms with Crippen LogP contribution in [0.5, 0.6) is 11.5 Å². The summed E-state index contributed by atoms with van der Waals surface area (Å²) in [4.78, 5) is 27.6. The Kier molecular flexibility index (Phi) is 9.04. The summed E-state index contributed by atoms with van der Waals surface area (Å²) in [5.74, 6) is 1.24. The average Bonchev–Trinajstić information content (AvgIpc) is 3.28. The zero-order chi connectivity index (χ0) is 27.2. The van der Waals surface area contributed by atoms with Crippen molar-refractivity contribution in [3.8, 4) is 17.2 Å². The van der Waals surface area contributed by atoms with E-state index >= 15 is 0 Å². The summed E-state index contributed by atoms with van der Waals surface area (Å²) in [5.41, 5.74) is 1.83. The van der Waals surface area contributed by atoms with E-state index in [1.165, 1.54) is 19.1 Å². The molecule has 3 aromatic rings. The fourth-order valence-electron chi connectivity index (χ4n) is 3.58. The highest BCUT2D eigenvalue weighted by Crippen LogP contribution is 2.28. The molecule has 0 saturated carbocycles. The summed E-state index contributed by atoms with van der Waals surface area (Å²) in [5, 5.41) is 11.1. The van der Waals surface area contributed by atoms with Crippen LogP contribution in [0.4, 0.5) is 16.3 Å². The van der Waals surface area contributed by atoms with Crippen LogP contribution >= 0.6 is 11.6 Å². The predicted molar refractivity (Wildman–Crippen MR) is 146 cm³/mol. The first-order chi connectivity index (χ1) is 17.5. The number of nitrogens with zero attached hydrogens (tertiary/aromatic N) is 3. The molecule has 0 aliphatic heterocycles. The number of carbonyl (C=O) groups excluding carboxylic acids is 2. The van der Waals surface area contributed by atoms with Gasteiger partial charge in [-0.05, 0) is 30.7 Å². The summed E-state index contributed by atoms with van der Waals surface area (Å²) in [6.45, 7) is 8.34. The molecule has 1 heterocycles. The second-order valence-corrected chi connectivity index (χ2v) is 9.99. The Morgan fingerprint density at radius 2 is 1.62 bits per heavy atom. The number of rotatable bonds is 9. The van der Waals surface area contributed by atoms with Crippen molar-refractivity contribution in [3.05, 3.63) is 59.2 Å². The molecule has 0 fully saturated rings. The molecule has 0 bridgehead atoms. The topological polar surface area (TPSA) is 97.7 Å². The molecule has 0 spiro atoms. The van der Waals surface area contributed by atoms with E-state index in [0.717, 1.165) is 11.4 Å². The summed E-state index contributed by atoms with van der Waals surface area (Å²) >= 11 is 6.05. The lowest BCUT2D eigenvalue weighted by Gasteiger charge is -2.22. The van der Waals surface area contributed by atoms with Crippen LogP contribution in [0.25, 0.3) is 5.69 Å². The molecule has 1 aromatic heterocycles. The third-order valence-electron chi connectivity index (χ3n) is 5.53. The zero-order valence-corrected chi connectivity index (χ0v) is 22.8. The Balaban J connectivity index is 1.80. The number of aromatic nitrogens is 2. The molecule has 2 aromatic carbocycles. The normalized spacial score (nSPS) is 11.1. The van der Waals surface area contributed by atoms with Gasteiger partial charge in [-0.25, -0.2) is 9.48 Å². The lowest BCUT2D eigenvalue weighted by molar-refractivity contribution is -0.116.